The molecule has 1 fully saturated rings. The number of rotatable bonds is 5. The Labute approximate surface area is 162 Å². The van der Waals surface area contributed by atoms with Crippen molar-refractivity contribution in [2.24, 2.45) is 0 Å². The molecule has 0 aliphatic carbocycles. The second-order valence-electron chi connectivity index (χ2n) is 6.53. The first-order valence-corrected chi connectivity index (χ1v) is 9.16. The van der Waals surface area contributed by atoms with Gasteiger partial charge in [0.05, 0.1) is 4.92 Å². The summed E-state index contributed by atoms with van der Waals surface area (Å²) in [6.07, 6.45) is 0.403. The molecule has 8 nitrogen and oxygen atoms in total. The smallest absolute Gasteiger partial charge is 0.269 e. The van der Waals surface area contributed by atoms with Crippen LogP contribution >= 0.6 is 0 Å². The molecule has 0 spiro atoms. The van der Waals surface area contributed by atoms with Crippen LogP contribution in [0.4, 0.5) is 17.1 Å². The second kappa shape index (κ2) is 8.51. The molecule has 8 heteroatoms. The van der Waals surface area contributed by atoms with Crippen LogP contribution in [0.3, 0.4) is 0 Å². The lowest BCUT2D eigenvalue weighted by Gasteiger charge is -2.36. The summed E-state index contributed by atoms with van der Waals surface area (Å²) < 4.78 is 0. The zero-order valence-electron chi connectivity index (χ0n) is 15.6. The van der Waals surface area contributed by atoms with Crippen LogP contribution in [-0.4, -0.2) is 47.8 Å². The highest BCUT2D eigenvalue weighted by Gasteiger charge is 2.22. The van der Waals surface area contributed by atoms with E-state index in [4.69, 9.17) is 0 Å². The van der Waals surface area contributed by atoms with E-state index in [2.05, 4.69) is 10.2 Å². The molecule has 2 aromatic rings. The Morgan fingerprint density at radius 3 is 2.14 bits per heavy atom. The molecule has 28 heavy (non-hydrogen) atoms. The number of carbonyl (C=O) groups is 2. The van der Waals surface area contributed by atoms with Gasteiger partial charge in [0.1, 0.15) is 0 Å². The number of benzene rings is 2. The lowest BCUT2D eigenvalue weighted by atomic mass is 10.1. The molecule has 146 valence electrons. The van der Waals surface area contributed by atoms with E-state index in [0.29, 0.717) is 43.9 Å². The topological polar surface area (TPSA) is 95.8 Å². The highest BCUT2D eigenvalue weighted by Crippen LogP contribution is 2.21. The monoisotopic (exact) mass is 382 g/mol. The maximum atomic E-state index is 12.7. The lowest BCUT2D eigenvalue weighted by molar-refractivity contribution is -0.384. The van der Waals surface area contributed by atoms with Gasteiger partial charge in [-0.15, -0.1) is 0 Å². The highest BCUT2D eigenvalue weighted by molar-refractivity contribution is 5.96. The number of nitro groups is 1. The van der Waals surface area contributed by atoms with Gasteiger partial charge in [-0.05, 0) is 36.4 Å². The van der Waals surface area contributed by atoms with Crippen molar-refractivity contribution < 1.29 is 14.5 Å². The number of non-ortho nitro benzene ring substituents is 1. The van der Waals surface area contributed by atoms with Gasteiger partial charge in [-0.3, -0.25) is 19.7 Å². The molecule has 1 aliphatic rings. The minimum Gasteiger partial charge on any atom is -0.368 e. The summed E-state index contributed by atoms with van der Waals surface area (Å²) in [5, 5.41) is 13.5. The molecule has 0 saturated carbocycles. The van der Waals surface area contributed by atoms with Gasteiger partial charge < -0.3 is 15.1 Å². The normalized spacial score (nSPS) is 13.9. The van der Waals surface area contributed by atoms with Crippen LogP contribution in [0.15, 0.2) is 48.5 Å². The van der Waals surface area contributed by atoms with Crippen molar-refractivity contribution >= 4 is 28.9 Å². The Morgan fingerprint density at radius 2 is 1.61 bits per heavy atom. The van der Waals surface area contributed by atoms with Gasteiger partial charge in [0.25, 0.3) is 11.6 Å². The van der Waals surface area contributed by atoms with Crippen molar-refractivity contribution in [3.05, 3.63) is 64.2 Å². The average Bonchev–Trinajstić information content (AvgIpc) is 2.74. The van der Waals surface area contributed by atoms with Gasteiger partial charge in [-0.25, -0.2) is 0 Å². The fourth-order valence-electron chi connectivity index (χ4n) is 3.08. The molecule has 1 aliphatic heterocycles. The first-order chi connectivity index (χ1) is 13.5. The number of piperazine rings is 1. The van der Waals surface area contributed by atoms with Crippen LogP contribution in [0, 0.1) is 10.1 Å². The highest BCUT2D eigenvalue weighted by atomic mass is 16.6. The molecule has 1 heterocycles. The molecule has 0 aromatic heterocycles. The number of amides is 2. The number of hydrogen-bond acceptors (Lipinski definition) is 5. The van der Waals surface area contributed by atoms with Gasteiger partial charge in [0.2, 0.25) is 5.91 Å². The number of carbonyl (C=O) groups excluding carboxylic acids is 2. The van der Waals surface area contributed by atoms with Crippen LogP contribution in [-0.2, 0) is 4.79 Å². The van der Waals surface area contributed by atoms with Crippen LogP contribution in [0.5, 0.6) is 0 Å². The Bertz CT molecular complexity index is 857. The molecule has 0 radical (unpaired) electrons. The number of anilines is 2. The summed E-state index contributed by atoms with van der Waals surface area (Å²) in [6.45, 7) is 4.25. The average molecular weight is 382 g/mol. The fourth-order valence-corrected chi connectivity index (χ4v) is 3.08. The van der Waals surface area contributed by atoms with Crippen LogP contribution < -0.4 is 10.2 Å². The number of nitro benzene ring substituents is 1. The van der Waals surface area contributed by atoms with E-state index in [1.54, 1.807) is 48.2 Å². The van der Waals surface area contributed by atoms with Crippen LogP contribution in [0.2, 0.25) is 0 Å². The third kappa shape index (κ3) is 4.46. The van der Waals surface area contributed by atoms with Gasteiger partial charge in [-0.2, -0.15) is 0 Å². The molecule has 1 saturated heterocycles. The molecular weight excluding hydrogens is 360 g/mol. The summed E-state index contributed by atoms with van der Waals surface area (Å²) in [6, 6.07) is 13.4. The molecule has 2 amide bonds. The van der Waals surface area contributed by atoms with Crippen molar-refractivity contribution in [3.63, 3.8) is 0 Å². The van der Waals surface area contributed by atoms with E-state index < -0.39 is 4.92 Å². The second-order valence-corrected chi connectivity index (χ2v) is 6.53. The van der Waals surface area contributed by atoms with Crippen molar-refractivity contribution in [1.29, 1.82) is 0 Å². The number of nitrogens with one attached hydrogen (secondary N) is 1. The first kappa shape index (κ1) is 19.3. The van der Waals surface area contributed by atoms with E-state index >= 15 is 0 Å². The maximum Gasteiger partial charge on any atom is 0.269 e. The molecule has 3 rings (SSSR count). The van der Waals surface area contributed by atoms with Crippen LogP contribution in [0.25, 0.3) is 0 Å². The van der Waals surface area contributed by atoms with E-state index in [1.807, 2.05) is 0 Å². The van der Waals surface area contributed by atoms with Gasteiger partial charge in [-0.1, -0.05) is 6.92 Å². The third-order valence-electron chi connectivity index (χ3n) is 4.73. The predicted octanol–water partition coefficient (Wildman–Crippen LogP) is 2.91. The fraction of sp³-hybridized carbons (Fsp3) is 0.300. The SMILES string of the molecule is CCC(=O)Nc1ccc(C(=O)N2CCN(c3ccc([N+](=O)[O-])cc3)CC2)cc1. The summed E-state index contributed by atoms with van der Waals surface area (Å²) in [7, 11) is 0. The number of nitrogens with zero attached hydrogens (tertiary/aromatic N) is 3. The van der Waals surface area contributed by atoms with E-state index in [0.717, 1.165) is 5.69 Å². The zero-order valence-corrected chi connectivity index (χ0v) is 15.6. The Hall–Kier alpha value is -3.42. The Kier molecular flexibility index (Phi) is 5.88. The number of hydrogen-bond donors (Lipinski definition) is 1. The summed E-state index contributed by atoms with van der Waals surface area (Å²) >= 11 is 0. The van der Waals surface area contributed by atoms with Crippen molar-refractivity contribution in [2.75, 3.05) is 36.4 Å². The minimum atomic E-state index is -0.417. The Morgan fingerprint density at radius 1 is 1.00 bits per heavy atom. The third-order valence-corrected chi connectivity index (χ3v) is 4.73. The van der Waals surface area contributed by atoms with Gasteiger partial charge >= 0.3 is 0 Å². The lowest BCUT2D eigenvalue weighted by Crippen LogP contribution is -2.48. The first-order valence-electron chi connectivity index (χ1n) is 9.16. The minimum absolute atomic E-state index is 0.0447. The Balaban J connectivity index is 1.57. The van der Waals surface area contributed by atoms with E-state index in [-0.39, 0.29) is 17.5 Å². The summed E-state index contributed by atoms with van der Waals surface area (Å²) in [4.78, 5) is 38.4. The van der Waals surface area contributed by atoms with Crippen molar-refractivity contribution in [3.8, 4) is 0 Å². The molecule has 0 bridgehead atoms. The quantitative estimate of drug-likeness (QED) is 0.634. The zero-order chi connectivity index (χ0) is 20.1. The standard InChI is InChI=1S/C20H22N4O4/c1-2-19(25)21-16-5-3-15(4-6-16)20(26)23-13-11-22(12-14-23)17-7-9-18(10-8-17)24(27)28/h3-10H,2,11-14H2,1H3,(H,21,25). The molecule has 0 unspecified atom stereocenters. The van der Waals surface area contributed by atoms with Gasteiger partial charge in [0.15, 0.2) is 0 Å². The van der Waals surface area contributed by atoms with Gasteiger partial charge in [0, 0.05) is 61.7 Å². The predicted molar refractivity (Wildman–Crippen MR) is 107 cm³/mol. The molecule has 1 N–H and O–H groups in total. The van der Waals surface area contributed by atoms with Crippen molar-refractivity contribution in [1.82, 2.24) is 4.90 Å². The van der Waals surface area contributed by atoms with Crippen LogP contribution in [0.1, 0.15) is 23.7 Å². The largest absolute Gasteiger partial charge is 0.368 e. The molecule has 2 aromatic carbocycles. The summed E-state index contributed by atoms with van der Waals surface area (Å²) in [5.41, 5.74) is 2.23. The maximum absolute atomic E-state index is 12.7. The summed E-state index contributed by atoms with van der Waals surface area (Å²) in [5.74, 6) is -0.113. The molecule has 0 atom stereocenters. The van der Waals surface area contributed by atoms with Crippen molar-refractivity contribution in [2.45, 2.75) is 13.3 Å². The van der Waals surface area contributed by atoms with E-state index in [1.165, 1.54) is 12.1 Å². The molecular formula is C20H22N4O4. The van der Waals surface area contributed by atoms with E-state index in [9.17, 15) is 19.7 Å².